The summed E-state index contributed by atoms with van der Waals surface area (Å²) >= 11 is 0. The van der Waals surface area contributed by atoms with E-state index in [1.165, 1.54) is 5.56 Å². The van der Waals surface area contributed by atoms with Gasteiger partial charge in [-0.25, -0.2) is 0 Å². The van der Waals surface area contributed by atoms with E-state index in [0.717, 1.165) is 25.8 Å². The second-order valence-electron chi connectivity index (χ2n) is 3.68. The SMILES string of the molecule is CCC(CCO)NCCc1cccnc1. The number of hydrogen-bond donors (Lipinski definition) is 2. The van der Waals surface area contributed by atoms with Gasteiger partial charge in [0.1, 0.15) is 0 Å². The highest BCUT2D eigenvalue weighted by Crippen LogP contribution is 1.99. The lowest BCUT2D eigenvalue weighted by Crippen LogP contribution is -2.31. The molecule has 84 valence electrons. The largest absolute Gasteiger partial charge is 0.396 e. The summed E-state index contributed by atoms with van der Waals surface area (Å²) in [7, 11) is 0. The predicted molar refractivity (Wildman–Crippen MR) is 61.7 cm³/mol. The molecule has 0 aromatic carbocycles. The van der Waals surface area contributed by atoms with E-state index >= 15 is 0 Å². The number of rotatable bonds is 7. The van der Waals surface area contributed by atoms with E-state index in [4.69, 9.17) is 5.11 Å². The Bertz CT molecular complexity index is 251. The number of aliphatic hydroxyl groups is 1. The first kappa shape index (κ1) is 12.1. The Kier molecular flexibility index (Phi) is 5.97. The van der Waals surface area contributed by atoms with E-state index < -0.39 is 0 Å². The van der Waals surface area contributed by atoms with Gasteiger partial charge in [-0.1, -0.05) is 13.0 Å². The molecule has 1 unspecified atom stereocenters. The van der Waals surface area contributed by atoms with Gasteiger partial charge in [0.05, 0.1) is 0 Å². The summed E-state index contributed by atoms with van der Waals surface area (Å²) in [6.07, 6.45) is 6.58. The molecule has 0 saturated carbocycles. The summed E-state index contributed by atoms with van der Waals surface area (Å²) in [6.45, 7) is 3.35. The Morgan fingerprint density at radius 1 is 1.53 bits per heavy atom. The maximum atomic E-state index is 8.83. The lowest BCUT2D eigenvalue weighted by atomic mass is 10.1. The van der Waals surface area contributed by atoms with Crippen molar-refractivity contribution in [3.63, 3.8) is 0 Å². The van der Waals surface area contributed by atoms with Crippen LogP contribution in [-0.2, 0) is 6.42 Å². The summed E-state index contributed by atoms with van der Waals surface area (Å²) in [5.74, 6) is 0. The van der Waals surface area contributed by atoms with Gasteiger partial charge in [-0.15, -0.1) is 0 Å². The van der Waals surface area contributed by atoms with Crippen LogP contribution in [0.25, 0.3) is 0 Å². The van der Waals surface area contributed by atoms with Crippen molar-refractivity contribution in [2.75, 3.05) is 13.2 Å². The minimum Gasteiger partial charge on any atom is -0.396 e. The number of aromatic nitrogens is 1. The van der Waals surface area contributed by atoms with Crippen LogP contribution in [0.15, 0.2) is 24.5 Å². The molecule has 0 bridgehead atoms. The van der Waals surface area contributed by atoms with Crippen LogP contribution in [0, 0.1) is 0 Å². The number of aliphatic hydroxyl groups excluding tert-OH is 1. The van der Waals surface area contributed by atoms with Crippen LogP contribution < -0.4 is 5.32 Å². The first-order valence-corrected chi connectivity index (χ1v) is 5.60. The molecule has 1 heterocycles. The normalized spacial score (nSPS) is 12.7. The molecule has 1 aromatic rings. The molecule has 15 heavy (non-hydrogen) atoms. The molecule has 0 aliphatic heterocycles. The number of nitrogens with one attached hydrogen (secondary N) is 1. The van der Waals surface area contributed by atoms with E-state index in [-0.39, 0.29) is 6.61 Å². The molecule has 3 nitrogen and oxygen atoms in total. The second kappa shape index (κ2) is 7.37. The fourth-order valence-electron chi connectivity index (χ4n) is 1.57. The van der Waals surface area contributed by atoms with Crippen LogP contribution in [0.3, 0.4) is 0 Å². The maximum absolute atomic E-state index is 8.83. The molecule has 1 atom stereocenters. The lowest BCUT2D eigenvalue weighted by molar-refractivity contribution is 0.263. The summed E-state index contributed by atoms with van der Waals surface area (Å²) in [4.78, 5) is 4.07. The second-order valence-corrected chi connectivity index (χ2v) is 3.68. The minimum absolute atomic E-state index is 0.262. The highest BCUT2D eigenvalue weighted by Gasteiger charge is 2.03. The molecule has 0 amide bonds. The van der Waals surface area contributed by atoms with Gasteiger partial charge in [0.15, 0.2) is 0 Å². The molecular formula is C12H20N2O. The average Bonchev–Trinajstić information content (AvgIpc) is 2.29. The van der Waals surface area contributed by atoms with Gasteiger partial charge < -0.3 is 10.4 Å². The van der Waals surface area contributed by atoms with Crippen molar-refractivity contribution in [2.45, 2.75) is 32.2 Å². The molecule has 0 aliphatic rings. The summed E-state index contributed by atoms with van der Waals surface area (Å²) < 4.78 is 0. The van der Waals surface area contributed by atoms with Crippen LogP contribution in [0.2, 0.25) is 0 Å². The molecule has 2 N–H and O–H groups in total. The van der Waals surface area contributed by atoms with Crippen LogP contribution in [0.4, 0.5) is 0 Å². The van der Waals surface area contributed by atoms with Gasteiger partial charge >= 0.3 is 0 Å². The third kappa shape index (κ3) is 4.91. The molecule has 0 aliphatic carbocycles. The van der Waals surface area contributed by atoms with Gasteiger partial charge in [-0.05, 0) is 37.4 Å². The van der Waals surface area contributed by atoms with E-state index in [2.05, 4.69) is 23.3 Å². The minimum atomic E-state index is 0.262. The van der Waals surface area contributed by atoms with Crippen molar-refractivity contribution in [1.29, 1.82) is 0 Å². The smallest absolute Gasteiger partial charge is 0.0445 e. The molecule has 3 heteroatoms. The zero-order chi connectivity index (χ0) is 10.9. The first-order valence-electron chi connectivity index (χ1n) is 5.60. The highest BCUT2D eigenvalue weighted by atomic mass is 16.3. The zero-order valence-corrected chi connectivity index (χ0v) is 9.32. The predicted octanol–water partition coefficient (Wildman–Crippen LogP) is 1.37. The van der Waals surface area contributed by atoms with Crippen LogP contribution in [0.5, 0.6) is 0 Å². The van der Waals surface area contributed by atoms with E-state index in [1.807, 2.05) is 12.3 Å². The fraction of sp³-hybridized carbons (Fsp3) is 0.583. The Morgan fingerprint density at radius 3 is 3.00 bits per heavy atom. The Balaban J connectivity index is 2.20. The van der Waals surface area contributed by atoms with Crippen molar-refractivity contribution in [3.8, 4) is 0 Å². The Hall–Kier alpha value is -0.930. The number of pyridine rings is 1. The van der Waals surface area contributed by atoms with Crippen LogP contribution in [0.1, 0.15) is 25.3 Å². The molecule has 1 aromatic heterocycles. The van der Waals surface area contributed by atoms with Crippen molar-refractivity contribution in [2.24, 2.45) is 0 Å². The van der Waals surface area contributed by atoms with Gasteiger partial charge in [0.25, 0.3) is 0 Å². The van der Waals surface area contributed by atoms with Crippen LogP contribution >= 0.6 is 0 Å². The van der Waals surface area contributed by atoms with Gasteiger partial charge in [-0.2, -0.15) is 0 Å². The number of hydrogen-bond acceptors (Lipinski definition) is 3. The van der Waals surface area contributed by atoms with E-state index in [1.54, 1.807) is 6.20 Å². The molecule has 0 fully saturated rings. The van der Waals surface area contributed by atoms with Gasteiger partial charge in [-0.3, -0.25) is 4.98 Å². The summed E-state index contributed by atoms with van der Waals surface area (Å²) in [6, 6.07) is 4.48. The summed E-state index contributed by atoms with van der Waals surface area (Å²) in [5, 5.41) is 12.3. The van der Waals surface area contributed by atoms with Crippen molar-refractivity contribution in [1.82, 2.24) is 10.3 Å². The van der Waals surface area contributed by atoms with E-state index in [9.17, 15) is 0 Å². The summed E-state index contributed by atoms with van der Waals surface area (Å²) in [5.41, 5.74) is 1.25. The number of nitrogens with zero attached hydrogens (tertiary/aromatic N) is 1. The Labute approximate surface area is 91.5 Å². The zero-order valence-electron chi connectivity index (χ0n) is 9.32. The quantitative estimate of drug-likeness (QED) is 0.711. The van der Waals surface area contributed by atoms with Gasteiger partial charge in [0.2, 0.25) is 0 Å². The van der Waals surface area contributed by atoms with Crippen molar-refractivity contribution >= 4 is 0 Å². The van der Waals surface area contributed by atoms with Crippen molar-refractivity contribution in [3.05, 3.63) is 30.1 Å². The maximum Gasteiger partial charge on any atom is 0.0445 e. The average molecular weight is 208 g/mol. The van der Waals surface area contributed by atoms with E-state index in [0.29, 0.717) is 6.04 Å². The third-order valence-corrected chi connectivity index (χ3v) is 2.54. The lowest BCUT2D eigenvalue weighted by Gasteiger charge is -2.15. The standard InChI is InChI=1S/C12H20N2O/c1-2-12(6-9-15)14-8-5-11-4-3-7-13-10-11/h3-4,7,10,12,14-15H,2,5-6,8-9H2,1H3. The molecule has 0 spiro atoms. The third-order valence-electron chi connectivity index (χ3n) is 2.54. The molecule has 1 rings (SSSR count). The first-order chi connectivity index (χ1) is 7.36. The van der Waals surface area contributed by atoms with Crippen LogP contribution in [-0.4, -0.2) is 29.3 Å². The van der Waals surface area contributed by atoms with Gasteiger partial charge in [0, 0.05) is 25.0 Å². The fourth-order valence-corrected chi connectivity index (χ4v) is 1.57. The Morgan fingerprint density at radius 2 is 2.40 bits per heavy atom. The molecule has 0 saturated heterocycles. The topological polar surface area (TPSA) is 45.1 Å². The highest BCUT2D eigenvalue weighted by molar-refractivity contribution is 5.08. The molecular weight excluding hydrogens is 188 g/mol. The monoisotopic (exact) mass is 208 g/mol. The van der Waals surface area contributed by atoms with Crippen molar-refractivity contribution < 1.29 is 5.11 Å². The molecule has 0 radical (unpaired) electrons.